The van der Waals surface area contributed by atoms with Gasteiger partial charge in [0.1, 0.15) is 19.8 Å². The van der Waals surface area contributed by atoms with Gasteiger partial charge < -0.3 is 14.8 Å². The number of nitrogens with one attached hydrogen (secondary N) is 1. The molecule has 0 radical (unpaired) electrons. The molecule has 0 atom stereocenters. The lowest BCUT2D eigenvalue weighted by atomic mass is 10.1. The predicted molar refractivity (Wildman–Crippen MR) is 100 cm³/mol. The first kappa shape index (κ1) is 17.1. The molecule has 0 fully saturated rings. The maximum absolute atomic E-state index is 12.6. The summed E-state index contributed by atoms with van der Waals surface area (Å²) in [5.74, 6) is 1.12. The second-order valence-electron chi connectivity index (χ2n) is 6.40. The topological polar surface area (TPSA) is 82.5 Å². The van der Waals surface area contributed by atoms with Crippen molar-refractivity contribution in [2.24, 2.45) is 0 Å². The van der Waals surface area contributed by atoms with E-state index in [1.807, 2.05) is 37.3 Å². The third-order valence-electron chi connectivity index (χ3n) is 4.47. The van der Waals surface area contributed by atoms with Crippen LogP contribution in [0.5, 0.6) is 11.5 Å². The molecular weight excluding hydrogens is 346 g/mol. The molecule has 27 heavy (non-hydrogen) atoms. The highest BCUT2D eigenvalue weighted by Gasteiger charge is 2.13. The number of hydrogen-bond donors (Lipinski definition) is 1. The SMILES string of the molecule is Cc1cccc2c(=O)n(CC(=O)NCc3ccc4c(c3)OCCO4)cnc12. The number of fused-ring (bicyclic) bond motifs is 2. The van der Waals surface area contributed by atoms with Crippen molar-refractivity contribution < 1.29 is 14.3 Å². The summed E-state index contributed by atoms with van der Waals surface area (Å²) >= 11 is 0. The molecule has 0 unspecified atom stereocenters. The molecule has 2 heterocycles. The van der Waals surface area contributed by atoms with Crippen LogP contribution in [0, 0.1) is 6.92 Å². The summed E-state index contributed by atoms with van der Waals surface area (Å²) in [7, 11) is 0. The van der Waals surface area contributed by atoms with Crippen molar-refractivity contribution in [3.05, 3.63) is 64.2 Å². The van der Waals surface area contributed by atoms with Crippen molar-refractivity contribution in [1.29, 1.82) is 0 Å². The molecule has 0 spiro atoms. The standard InChI is InChI=1S/C20H19N3O4/c1-13-3-2-4-15-19(13)22-12-23(20(15)25)11-18(24)21-10-14-5-6-16-17(9-14)27-8-7-26-16/h2-6,9,12H,7-8,10-11H2,1H3,(H,21,24). The normalized spacial score (nSPS) is 12.8. The first-order chi connectivity index (χ1) is 13.1. The fraction of sp³-hybridized carbons (Fsp3) is 0.250. The van der Waals surface area contributed by atoms with Crippen LogP contribution in [-0.2, 0) is 17.9 Å². The van der Waals surface area contributed by atoms with Crippen LogP contribution in [0.15, 0.2) is 47.5 Å². The molecule has 0 saturated carbocycles. The molecule has 1 aromatic heterocycles. The summed E-state index contributed by atoms with van der Waals surface area (Å²) in [5.41, 5.74) is 2.26. The maximum Gasteiger partial charge on any atom is 0.261 e. The van der Waals surface area contributed by atoms with Crippen molar-refractivity contribution >= 4 is 16.8 Å². The highest BCUT2D eigenvalue weighted by molar-refractivity contribution is 5.81. The van der Waals surface area contributed by atoms with Gasteiger partial charge >= 0.3 is 0 Å². The summed E-state index contributed by atoms with van der Waals surface area (Å²) in [6.07, 6.45) is 1.42. The van der Waals surface area contributed by atoms with Crippen molar-refractivity contribution in [2.45, 2.75) is 20.0 Å². The number of amides is 1. The predicted octanol–water partition coefficient (Wildman–Crippen LogP) is 1.79. The second kappa shape index (κ2) is 7.11. The van der Waals surface area contributed by atoms with E-state index in [4.69, 9.17) is 9.47 Å². The van der Waals surface area contributed by atoms with Gasteiger partial charge in [-0.1, -0.05) is 18.2 Å². The summed E-state index contributed by atoms with van der Waals surface area (Å²) in [6, 6.07) is 11.0. The highest BCUT2D eigenvalue weighted by atomic mass is 16.6. The van der Waals surface area contributed by atoms with Crippen molar-refractivity contribution in [3.63, 3.8) is 0 Å². The van der Waals surface area contributed by atoms with E-state index in [0.29, 0.717) is 42.2 Å². The Balaban J connectivity index is 1.45. The monoisotopic (exact) mass is 365 g/mol. The van der Waals surface area contributed by atoms with Crippen LogP contribution in [0.25, 0.3) is 10.9 Å². The van der Waals surface area contributed by atoms with Gasteiger partial charge in [-0.15, -0.1) is 0 Å². The fourth-order valence-electron chi connectivity index (χ4n) is 3.06. The molecule has 138 valence electrons. The van der Waals surface area contributed by atoms with E-state index in [9.17, 15) is 9.59 Å². The molecule has 7 nitrogen and oxygen atoms in total. The lowest BCUT2D eigenvalue weighted by molar-refractivity contribution is -0.121. The molecule has 0 saturated heterocycles. The number of rotatable bonds is 4. The van der Waals surface area contributed by atoms with Gasteiger partial charge in [0.15, 0.2) is 11.5 Å². The molecule has 1 N–H and O–H groups in total. The highest BCUT2D eigenvalue weighted by Crippen LogP contribution is 2.30. The Morgan fingerprint density at radius 1 is 1.19 bits per heavy atom. The minimum Gasteiger partial charge on any atom is -0.486 e. The summed E-state index contributed by atoms with van der Waals surface area (Å²) in [5, 5.41) is 3.33. The second-order valence-corrected chi connectivity index (χ2v) is 6.40. The lowest BCUT2D eigenvalue weighted by Gasteiger charge is -2.19. The Morgan fingerprint density at radius 3 is 2.85 bits per heavy atom. The number of nitrogens with zero attached hydrogens (tertiary/aromatic N) is 2. The summed E-state index contributed by atoms with van der Waals surface area (Å²) in [4.78, 5) is 29.2. The molecule has 3 aromatic rings. The fourth-order valence-corrected chi connectivity index (χ4v) is 3.06. The van der Waals surface area contributed by atoms with Crippen LogP contribution < -0.4 is 20.3 Å². The molecule has 7 heteroatoms. The van der Waals surface area contributed by atoms with Gasteiger partial charge in [0.25, 0.3) is 5.56 Å². The summed E-state index contributed by atoms with van der Waals surface area (Å²) in [6.45, 7) is 3.21. The number of carbonyl (C=O) groups excluding carboxylic acids is 1. The van der Waals surface area contributed by atoms with Gasteiger partial charge in [0.2, 0.25) is 5.91 Å². The van der Waals surface area contributed by atoms with Crippen molar-refractivity contribution in [3.8, 4) is 11.5 Å². The minimum absolute atomic E-state index is 0.0831. The van der Waals surface area contributed by atoms with E-state index in [1.54, 1.807) is 6.07 Å². The Labute approximate surface area is 155 Å². The average molecular weight is 365 g/mol. The number of carbonyl (C=O) groups is 1. The zero-order valence-electron chi connectivity index (χ0n) is 14.9. The number of para-hydroxylation sites is 1. The van der Waals surface area contributed by atoms with E-state index in [-0.39, 0.29) is 18.0 Å². The molecule has 4 rings (SSSR count). The zero-order valence-corrected chi connectivity index (χ0v) is 14.9. The van der Waals surface area contributed by atoms with Crippen LogP contribution in [0.3, 0.4) is 0 Å². The van der Waals surface area contributed by atoms with E-state index >= 15 is 0 Å². The van der Waals surface area contributed by atoms with Crippen LogP contribution in [0.1, 0.15) is 11.1 Å². The third-order valence-corrected chi connectivity index (χ3v) is 4.47. The van der Waals surface area contributed by atoms with E-state index in [0.717, 1.165) is 11.1 Å². The third kappa shape index (κ3) is 3.48. The van der Waals surface area contributed by atoms with Crippen LogP contribution in [0.2, 0.25) is 0 Å². The Hall–Kier alpha value is -3.35. The number of aryl methyl sites for hydroxylation is 1. The number of aromatic nitrogens is 2. The van der Waals surface area contributed by atoms with Gasteiger partial charge in [-0.25, -0.2) is 4.98 Å². The molecule has 2 aromatic carbocycles. The Bertz CT molecular complexity index is 1070. The average Bonchev–Trinajstić information content (AvgIpc) is 2.69. The number of ether oxygens (including phenoxy) is 2. The molecule has 1 aliphatic heterocycles. The van der Waals surface area contributed by atoms with Gasteiger partial charge in [-0.3, -0.25) is 14.2 Å². The first-order valence-corrected chi connectivity index (χ1v) is 8.72. The van der Waals surface area contributed by atoms with Crippen LogP contribution >= 0.6 is 0 Å². The summed E-state index contributed by atoms with van der Waals surface area (Å²) < 4.78 is 12.3. The largest absolute Gasteiger partial charge is 0.486 e. The molecule has 0 aliphatic carbocycles. The van der Waals surface area contributed by atoms with Crippen LogP contribution in [0.4, 0.5) is 0 Å². The Kier molecular flexibility index (Phi) is 4.50. The smallest absolute Gasteiger partial charge is 0.261 e. The number of benzene rings is 2. The maximum atomic E-state index is 12.6. The van der Waals surface area contributed by atoms with E-state index in [2.05, 4.69) is 10.3 Å². The molecule has 1 aliphatic rings. The van der Waals surface area contributed by atoms with Crippen molar-refractivity contribution in [2.75, 3.05) is 13.2 Å². The van der Waals surface area contributed by atoms with Gasteiger partial charge in [-0.05, 0) is 36.2 Å². The van der Waals surface area contributed by atoms with E-state index in [1.165, 1.54) is 10.9 Å². The number of hydrogen-bond acceptors (Lipinski definition) is 5. The lowest BCUT2D eigenvalue weighted by Crippen LogP contribution is -2.32. The van der Waals surface area contributed by atoms with Gasteiger partial charge in [0, 0.05) is 6.54 Å². The molecular formula is C20H19N3O4. The van der Waals surface area contributed by atoms with Gasteiger partial charge in [0.05, 0.1) is 17.2 Å². The molecule has 1 amide bonds. The minimum atomic E-state index is -0.263. The zero-order chi connectivity index (χ0) is 18.8. The Morgan fingerprint density at radius 2 is 2.00 bits per heavy atom. The van der Waals surface area contributed by atoms with Crippen LogP contribution in [-0.4, -0.2) is 28.7 Å². The molecule has 0 bridgehead atoms. The quantitative estimate of drug-likeness (QED) is 0.762. The van der Waals surface area contributed by atoms with E-state index < -0.39 is 0 Å². The first-order valence-electron chi connectivity index (χ1n) is 8.72. The van der Waals surface area contributed by atoms with Crippen molar-refractivity contribution in [1.82, 2.24) is 14.9 Å². The van der Waals surface area contributed by atoms with Gasteiger partial charge in [-0.2, -0.15) is 0 Å².